The van der Waals surface area contributed by atoms with Gasteiger partial charge in [-0.2, -0.15) is 0 Å². The largest absolute Gasteiger partial charge is 0.481 e. The van der Waals surface area contributed by atoms with Crippen LogP contribution in [-0.4, -0.2) is 57.2 Å². The molecule has 0 aromatic rings. The van der Waals surface area contributed by atoms with Crippen molar-refractivity contribution in [3.8, 4) is 0 Å². The molecule has 0 saturated carbocycles. The van der Waals surface area contributed by atoms with Crippen LogP contribution < -0.4 is 0 Å². The summed E-state index contributed by atoms with van der Waals surface area (Å²) >= 11 is 0. The fourth-order valence-corrected chi connectivity index (χ4v) is 2.05. The zero-order chi connectivity index (χ0) is 17.7. The summed E-state index contributed by atoms with van der Waals surface area (Å²) in [6.07, 6.45) is 7.37. The molecule has 0 fully saturated rings. The molecule has 1 rings (SSSR count). The van der Waals surface area contributed by atoms with Gasteiger partial charge in [-0.25, -0.2) is 9.59 Å². The summed E-state index contributed by atoms with van der Waals surface area (Å²) in [5.74, 6) is -2.36. The second kappa shape index (κ2) is 12.4. The number of aliphatic imine (C=N–C) groups is 1. The Morgan fingerprint density at radius 1 is 1.00 bits per heavy atom. The van der Waals surface area contributed by atoms with Gasteiger partial charge in [0, 0.05) is 6.42 Å². The fraction of sp³-hybridized carbons (Fsp3) is 0.733. The normalized spacial score (nSPS) is 13.1. The zero-order valence-corrected chi connectivity index (χ0v) is 13.5. The maximum atomic E-state index is 10.3. The molecular weight excluding hydrogens is 304 g/mol. The smallest absolute Gasteiger partial charge is 0.413 e. The monoisotopic (exact) mass is 330 g/mol. The number of carboxylic acids is 2. The Bertz CT molecular complexity index is 422. The van der Waals surface area contributed by atoms with Crippen LogP contribution in [0, 0.1) is 0 Å². The van der Waals surface area contributed by atoms with E-state index in [2.05, 4.69) is 11.9 Å². The molecule has 0 saturated heterocycles. The van der Waals surface area contributed by atoms with Gasteiger partial charge in [0.2, 0.25) is 5.84 Å². The topological polar surface area (TPSA) is 127 Å². The minimum atomic E-state index is -1.30. The average Bonchev–Trinajstić information content (AvgIpc) is 2.96. The van der Waals surface area contributed by atoms with Crippen molar-refractivity contribution in [2.45, 2.75) is 58.3 Å². The van der Waals surface area contributed by atoms with E-state index in [-0.39, 0.29) is 13.1 Å². The first-order valence-corrected chi connectivity index (χ1v) is 7.90. The lowest BCUT2D eigenvalue weighted by Gasteiger charge is -2.09. The molecule has 0 bridgehead atoms. The summed E-state index contributed by atoms with van der Waals surface area (Å²) in [7, 11) is 0. The second-order valence-corrected chi connectivity index (χ2v) is 5.21. The number of rotatable bonds is 9. The predicted molar refractivity (Wildman–Crippen MR) is 84.9 cm³/mol. The number of carboxylic acid groups (broad SMARTS) is 3. The van der Waals surface area contributed by atoms with Gasteiger partial charge in [-0.3, -0.25) is 14.7 Å². The van der Waals surface area contributed by atoms with E-state index in [1.807, 2.05) is 0 Å². The predicted octanol–water partition coefficient (Wildman–Crippen LogP) is 2.67. The molecular formula is C15H26N2O6. The van der Waals surface area contributed by atoms with E-state index in [0.717, 1.165) is 12.8 Å². The van der Waals surface area contributed by atoms with Crippen molar-refractivity contribution in [3.05, 3.63) is 0 Å². The highest BCUT2D eigenvalue weighted by Crippen LogP contribution is 2.08. The number of amidine groups is 1. The van der Waals surface area contributed by atoms with Gasteiger partial charge in [0.05, 0.1) is 13.1 Å². The van der Waals surface area contributed by atoms with Crippen LogP contribution in [0.4, 0.5) is 4.79 Å². The first-order chi connectivity index (χ1) is 10.9. The molecule has 0 atom stereocenters. The SMILES string of the molecule is CCCCCCCCCC(=O)O.O=C(O)C1=NCCN1C(=O)O. The minimum absolute atomic E-state index is 0.136. The molecule has 0 aliphatic carbocycles. The van der Waals surface area contributed by atoms with Crippen molar-refractivity contribution in [2.24, 2.45) is 4.99 Å². The van der Waals surface area contributed by atoms with Crippen LogP contribution in [0.5, 0.6) is 0 Å². The summed E-state index contributed by atoms with van der Waals surface area (Å²) < 4.78 is 0. The highest BCUT2D eigenvalue weighted by atomic mass is 16.4. The van der Waals surface area contributed by atoms with E-state index >= 15 is 0 Å². The molecule has 3 N–H and O–H groups in total. The first-order valence-electron chi connectivity index (χ1n) is 7.90. The molecule has 1 aliphatic rings. The van der Waals surface area contributed by atoms with Crippen LogP contribution in [0.1, 0.15) is 58.3 Å². The Morgan fingerprint density at radius 2 is 1.57 bits per heavy atom. The molecule has 8 heteroatoms. The van der Waals surface area contributed by atoms with Crippen molar-refractivity contribution < 1.29 is 29.7 Å². The van der Waals surface area contributed by atoms with Crippen LogP contribution >= 0.6 is 0 Å². The molecule has 23 heavy (non-hydrogen) atoms. The van der Waals surface area contributed by atoms with Crippen molar-refractivity contribution >= 4 is 23.9 Å². The van der Waals surface area contributed by atoms with Crippen LogP contribution in [0.3, 0.4) is 0 Å². The van der Waals surface area contributed by atoms with Crippen LogP contribution in [-0.2, 0) is 9.59 Å². The number of amides is 1. The first kappa shape index (κ1) is 20.9. The average molecular weight is 330 g/mol. The summed E-state index contributed by atoms with van der Waals surface area (Å²) in [5, 5.41) is 25.2. The number of hydrogen-bond acceptors (Lipinski definition) is 4. The minimum Gasteiger partial charge on any atom is -0.481 e. The van der Waals surface area contributed by atoms with E-state index in [1.54, 1.807) is 0 Å². The number of carbonyl (C=O) groups is 3. The third-order valence-electron chi connectivity index (χ3n) is 3.26. The van der Waals surface area contributed by atoms with Crippen molar-refractivity contribution in [1.29, 1.82) is 0 Å². The number of nitrogens with zero attached hydrogens (tertiary/aromatic N) is 2. The summed E-state index contributed by atoms with van der Waals surface area (Å²) in [6, 6.07) is 0. The van der Waals surface area contributed by atoms with Gasteiger partial charge in [0.15, 0.2) is 0 Å². The molecule has 0 radical (unpaired) electrons. The van der Waals surface area contributed by atoms with Crippen LogP contribution in [0.25, 0.3) is 0 Å². The highest BCUT2D eigenvalue weighted by Gasteiger charge is 2.27. The lowest BCUT2D eigenvalue weighted by molar-refractivity contribution is -0.137. The Hall–Kier alpha value is -2.12. The van der Waals surface area contributed by atoms with Crippen LogP contribution in [0.2, 0.25) is 0 Å². The van der Waals surface area contributed by atoms with Crippen LogP contribution in [0.15, 0.2) is 4.99 Å². The van der Waals surface area contributed by atoms with E-state index in [0.29, 0.717) is 11.3 Å². The third-order valence-corrected chi connectivity index (χ3v) is 3.26. The summed E-state index contributed by atoms with van der Waals surface area (Å²) in [6.45, 7) is 2.56. The maximum absolute atomic E-state index is 10.3. The lowest BCUT2D eigenvalue weighted by atomic mass is 10.1. The Labute approximate surface area is 135 Å². The van der Waals surface area contributed by atoms with E-state index in [1.165, 1.54) is 32.1 Å². The molecule has 1 aliphatic heterocycles. The van der Waals surface area contributed by atoms with E-state index in [9.17, 15) is 14.4 Å². The Morgan fingerprint density at radius 3 is 2.00 bits per heavy atom. The Kier molecular flexibility index (Phi) is 11.3. The number of aliphatic carboxylic acids is 2. The standard InChI is InChI=1S/C10H20O2.C5H6N2O4/c1-2-3-4-5-6-7-8-9-10(11)12;8-4(9)3-6-1-2-7(3)5(10)11/h2-9H2,1H3,(H,11,12);1-2H2,(H,8,9)(H,10,11). The van der Waals surface area contributed by atoms with Gasteiger partial charge >= 0.3 is 18.0 Å². The number of hydrogen-bond donors (Lipinski definition) is 3. The zero-order valence-electron chi connectivity index (χ0n) is 13.5. The van der Waals surface area contributed by atoms with E-state index in [4.69, 9.17) is 15.3 Å². The number of unbranched alkanes of at least 4 members (excludes halogenated alkanes) is 6. The molecule has 132 valence electrons. The Balaban J connectivity index is 0.000000422. The molecule has 0 aromatic heterocycles. The van der Waals surface area contributed by atoms with Crippen molar-refractivity contribution in [2.75, 3.05) is 13.1 Å². The maximum Gasteiger partial charge on any atom is 0.413 e. The highest BCUT2D eigenvalue weighted by molar-refractivity contribution is 6.37. The molecule has 0 aromatic carbocycles. The van der Waals surface area contributed by atoms with Gasteiger partial charge < -0.3 is 15.3 Å². The molecule has 0 spiro atoms. The van der Waals surface area contributed by atoms with Gasteiger partial charge in [0.25, 0.3) is 0 Å². The van der Waals surface area contributed by atoms with Gasteiger partial charge in [-0.15, -0.1) is 0 Å². The van der Waals surface area contributed by atoms with Crippen molar-refractivity contribution in [1.82, 2.24) is 4.90 Å². The molecule has 1 amide bonds. The fourth-order valence-electron chi connectivity index (χ4n) is 2.05. The third kappa shape index (κ3) is 10.3. The van der Waals surface area contributed by atoms with Gasteiger partial charge in [0.1, 0.15) is 0 Å². The molecule has 1 heterocycles. The lowest BCUT2D eigenvalue weighted by Crippen LogP contribution is -2.37. The summed E-state index contributed by atoms with van der Waals surface area (Å²) in [5.41, 5.74) is 0. The summed E-state index contributed by atoms with van der Waals surface area (Å²) in [4.78, 5) is 34.9. The molecule has 0 unspecified atom stereocenters. The molecule has 8 nitrogen and oxygen atoms in total. The van der Waals surface area contributed by atoms with E-state index < -0.39 is 23.9 Å². The second-order valence-electron chi connectivity index (χ2n) is 5.21. The van der Waals surface area contributed by atoms with Gasteiger partial charge in [-0.1, -0.05) is 45.4 Å². The quantitative estimate of drug-likeness (QED) is 0.558. The van der Waals surface area contributed by atoms with Crippen molar-refractivity contribution in [3.63, 3.8) is 0 Å². The van der Waals surface area contributed by atoms with Gasteiger partial charge in [-0.05, 0) is 6.42 Å².